The Kier molecular flexibility index (Phi) is 4.30. The van der Waals surface area contributed by atoms with Gasteiger partial charge in [-0.3, -0.25) is 9.59 Å². The first-order chi connectivity index (χ1) is 13.1. The molecular weight excluding hydrogens is 340 g/mol. The van der Waals surface area contributed by atoms with Crippen molar-refractivity contribution >= 4 is 35.0 Å². The van der Waals surface area contributed by atoms with Crippen LogP contribution in [0.4, 0.5) is 11.4 Å². The van der Waals surface area contributed by atoms with Gasteiger partial charge in [0.15, 0.2) is 0 Å². The fourth-order valence-electron chi connectivity index (χ4n) is 3.13. The minimum absolute atomic E-state index is 0.111. The number of hydrazone groups is 1. The number of carbonyl (C=O) groups excluding carboxylic acids is 2. The van der Waals surface area contributed by atoms with Gasteiger partial charge in [-0.2, -0.15) is 5.10 Å². The summed E-state index contributed by atoms with van der Waals surface area (Å²) in [4.78, 5) is 23.5. The summed E-state index contributed by atoms with van der Waals surface area (Å²) < 4.78 is 0. The summed E-state index contributed by atoms with van der Waals surface area (Å²) in [6, 6.07) is 15.4. The van der Waals surface area contributed by atoms with Crippen LogP contribution in [0.3, 0.4) is 0 Å². The molecular formula is C21H18N4O2. The molecule has 27 heavy (non-hydrogen) atoms. The highest BCUT2D eigenvalue weighted by molar-refractivity contribution is 6.26. The summed E-state index contributed by atoms with van der Waals surface area (Å²) in [6.45, 7) is 1.47. The summed E-state index contributed by atoms with van der Waals surface area (Å²) >= 11 is 0. The summed E-state index contributed by atoms with van der Waals surface area (Å²) in [5.74, 6) is -0.327. The molecule has 6 nitrogen and oxygen atoms in total. The van der Waals surface area contributed by atoms with Crippen LogP contribution in [-0.4, -0.2) is 17.5 Å². The zero-order valence-electron chi connectivity index (χ0n) is 14.7. The number of hydrogen-bond donors (Lipinski definition) is 3. The lowest BCUT2D eigenvalue weighted by atomic mass is 9.98. The molecule has 0 spiro atoms. The van der Waals surface area contributed by atoms with Gasteiger partial charge in [0.1, 0.15) is 0 Å². The van der Waals surface area contributed by atoms with Crippen molar-refractivity contribution in [3.05, 3.63) is 77.0 Å². The minimum Gasteiger partial charge on any atom is -0.354 e. The van der Waals surface area contributed by atoms with Crippen molar-refractivity contribution in [2.45, 2.75) is 13.3 Å². The maximum Gasteiger partial charge on any atom is 0.275 e. The SMILES string of the molecule is CC(=O)Nc1ccc(CC2=NNC(=O)C2=C2C=Cc3ccccc3N2)cc1. The van der Waals surface area contributed by atoms with E-state index in [0.717, 1.165) is 28.2 Å². The fourth-order valence-corrected chi connectivity index (χ4v) is 3.13. The van der Waals surface area contributed by atoms with Gasteiger partial charge in [-0.1, -0.05) is 36.4 Å². The lowest BCUT2D eigenvalue weighted by Gasteiger charge is -2.17. The third kappa shape index (κ3) is 3.50. The van der Waals surface area contributed by atoms with Crippen LogP contribution in [0.1, 0.15) is 18.1 Å². The zero-order chi connectivity index (χ0) is 18.8. The topological polar surface area (TPSA) is 82.6 Å². The maximum absolute atomic E-state index is 12.4. The highest BCUT2D eigenvalue weighted by atomic mass is 16.2. The van der Waals surface area contributed by atoms with Gasteiger partial charge in [0.25, 0.3) is 5.91 Å². The van der Waals surface area contributed by atoms with E-state index < -0.39 is 0 Å². The molecule has 0 saturated heterocycles. The first-order valence-corrected chi connectivity index (χ1v) is 8.62. The predicted octanol–water partition coefficient (Wildman–Crippen LogP) is 3.07. The van der Waals surface area contributed by atoms with Gasteiger partial charge in [-0.15, -0.1) is 0 Å². The second-order valence-corrected chi connectivity index (χ2v) is 6.39. The predicted molar refractivity (Wildman–Crippen MR) is 106 cm³/mol. The van der Waals surface area contributed by atoms with E-state index in [9.17, 15) is 9.59 Å². The van der Waals surface area contributed by atoms with Gasteiger partial charge in [0.2, 0.25) is 5.91 Å². The van der Waals surface area contributed by atoms with Gasteiger partial charge in [0.05, 0.1) is 17.0 Å². The number of allylic oxidation sites excluding steroid dienone is 1. The highest BCUT2D eigenvalue weighted by Crippen LogP contribution is 2.27. The largest absolute Gasteiger partial charge is 0.354 e. The molecule has 0 saturated carbocycles. The Morgan fingerprint density at radius 1 is 1.07 bits per heavy atom. The Morgan fingerprint density at radius 2 is 1.85 bits per heavy atom. The molecule has 0 aromatic heterocycles. The van der Waals surface area contributed by atoms with Gasteiger partial charge in [-0.05, 0) is 35.4 Å². The van der Waals surface area contributed by atoms with Crippen LogP contribution in [0.2, 0.25) is 0 Å². The number of anilines is 2. The van der Waals surface area contributed by atoms with Crippen molar-refractivity contribution in [2.24, 2.45) is 5.10 Å². The van der Waals surface area contributed by atoms with Gasteiger partial charge in [-0.25, -0.2) is 5.43 Å². The van der Waals surface area contributed by atoms with Crippen LogP contribution in [0, 0.1) is 0 Å². The number of nitrogens with one attached hydrogen (secondary N) is 3. The van der Waals surface area contributed by atoms with Crippen molar-refractivity contribution in [3.63, 3.8) is 0 Å². The molecule has 0 unspecified atom stereocenters. The average molecular weight is 358 g/mol. The monoisotopic (exact) mass is 358 g/mol. The van der Waals surface area contributed by atoms with E-state index in [0.29, 0.717) is 17.7 Å². The van der Waals surface area contributed by atoms with Crippen LogP contribution in [0.15, 0.2) is 71.0 Å². The molecule has 6 heteroatoms. The molecule has 2 aliphatic rings. The molecule has 2 aromatic carbocycles. The lowest BCUT2D eigenvalue weighted by Crippen LogP contribution is -2.19. The van der Waals surface area contributed by atoms with E-state index in [1.54, 1.807) is 0 Å². The van der Waals surface area contributed by atoms with Crippen LogP contribution in [0.25, 0.3) is 6.08 Å². The van der Waals surface area contributed by atoms with Crippen molar-refractivity contribution < 1.29 is 9.59 Å². The van der Waals surface area contributed by atoms with Crippen LogP contribution < -0.4 is 16.1 Å². The first-order valence-electron chi connectivity index (χ1n) is 8.62. The number of hydrogen-bond acceptors (Lipinski definition) is 4. The van der Waals surface area contributed by atoms with Gasteiger partial charge in [0, 0.05) is 24.7 Å². The van der Waals surface area contributed by atoms with Crippen LogP contribution in [-0.2, 0) is 16.0 Å². The lowest BCUT2D eigenvalue weighted by molar-refractivity contribution is -0.116. The third-order valence-electron chi connectivity index (χ3n) is 4.38. The van der Waals surface area contributed by atoms with E-state index in [1.807, 2.05) is 60.7 Å². The average Bonchev–Trinajstić information content (AvgIpc) is 3.02. The number of rotatable bonds is 3. The summed E-state index contributed by atoms with van der Waals surface area (Å²) in [6.07, 6.45) is 4.40. The molecule has 4 rings (SSSR count). The number of carbonyl (C=O) groups is 2. The van der Waals surface area contributed by atoms with Crippen molar-refractivity contribution in [1.29, 1.82) is 0 Å². The Morgan fingerprint density at radius 3 is 2.63 bits per heavy atom. The van der Waals surface area contributed by atoms with E-state index in [2.05, 4.69) is 21.2 Å². The van der Waals surface area contributed by atoms with Gasteiger partial charge < -0.3 is 10.6 Å². The molecule has 0 fully saturated rings. The van der Waals surface area contributed by atoms with E-state index in [4.69, 9.17) is 0 Å². The Hall–Kier alpha value is -3.67. The first kappa shape index (κ1) is 16.8. The quantitative estimate of drug-likeness (QED) is 0.738. The number of para-hydroxylation sites is 1. The highest BCUT2D eigenvalue weighted by Gasteiger charge is 2.27. The summed E-state index contributed by atoms with van der Waals surface area (Å²) in [7, 11) is 0. The number of fused-ring (bicyclic) bond motifs is 1. The van der Waals surface area contributed by atoms with Crippen LogP contribution in [0.5, 0.6) is 0 Å². The van der Waals surface area contributed by atoms with Gasteiger partial charge >= 0.3 is 0 Å². The Bertz CT molecular complexity index is 1020. The summed E-state index contributed by atoms with van der Waals surface area (Å²) in [5.41, 5.74) is 8.29. The molecule has 2 heterocycles. The van der Waals surface area contributed by atoms with E-state index >= 15 is 0 Å². The van der Waals surface area contributed by atoms with E-state index in [1.165, 1.54) is 6.92 Å². The molecule has 0 aliphatic carbocycles. The van der Waals surface area contributed by atoms with Crippen LogP contribution >= 0.6 is 0 Å². The maximum atomic E-state index is 12.4. The molecule has 2 aromatic rings. The molecule has 0 atom stereocenters. The normalized spacial score (nSPS) is 17.7. The molecule has 134 valence electrons. The molecule has 2 aliphatic heterocycles. The smallest absolute Gasteiger partial charge is 0.275 e. The minimum atomic E-state index is -0.216. The number of benzene rings is 2. The van der Waals surface area contributed by atoms with Crippen molar-refractivity contribution in [2.75, 3.05) is 10.6 Å². The summed E-state index contributed by atoms with van der Waals surface area (Å²) in [5, 5.41) is 10.3. The van der Waals surface area contributed by atoms with Crippen molar-refractivity contribution in [3.8, 4) is 0 Å². The zero-order valence-corrected chi connectivity index (χ0v) is 14.7. The second kappa shape index (κ2) is 6.92. The molecule has 2 amide bonds. The molecule has 0 bridgehead atoms. The third-order valence-corrected chi connectivity index (χ3v) is 4.38. The Balaban J connectivity index is 1.58. The Labute approximate surface area is 156 Å². The molecule has 0 radical (unpaired) electrons. The molecule has 3 N–H and O–H groups in total. The second-order valence-electron chi connectivity index (χ2n) is 6.39. The standard InChI is InChI=1S/C21H18N4O2/c1-13(26)22-16-9-6-14(7-10-16)12-19-20(21(27)25-24-19)18-11-8-15-4-2-3-5-17(15)23-18/h2-11,23H,12H2,1H3,(H,22,26)(H,25,27). The van der Waals surface area contributed by atoms with E-state index in [-0.39, 0.29) is 11.8 Å². The number of nitrogens with zero attached hydrogens (tertiary/aromatic N) is 1. The number of amides is 2. The fraction of sp³-hybridized carbons (Fsp3) is 0.0952. The van der Waals surface area contributed by atoms with Crippen molar-refractivity contribution in [1.82, 2.24) is 5.43 Å².